The van der Waals surface area contributed by atoms with Crippen molar-refractivity contribution in [1.82, 2.24) is 9.78 Å². The van der Waals surface area contributed by atoms with Gasteiger partial charge in [-0.25, -0.2) is 0 Å². The lowest BCUT2D eigenvalue weighted by molar-refractivity contribution is 0.0968. The van der Waals surface area contributed by atoms with E-state index in [1.165, 1.54) is 0 Å². The summed E-state index contributed by atoms with van der Waals surface area (Å²) in [7, 11) is 1.81. The number of hydrogen-bond acceptors (Lipinski definition) is 3. The highest BCUT2D eigenvalue weighted by Crippen LogP contribution is 2.11. The van der Waals surface area contributed by atoms with Gasteiger partial charge < -0.3 is 5.73 Å². The Morgan fingerprint density at radius 1 is 1.60 bits per heavy atom. The number of carbonyl (C=O) groups excluding carboxylic acids is 1. The van der Waals surface area contributed by atoms with Gasteiger partial charge in [-0.15, -0.1) is 0 Å². The first-order chi connectivity index (χ1) is 7.13. The van der Waals surface area contributed by atoms with E-state index < -0.39 is 0 Å². The van der Waals surface area contributed by atoms with E-state index in [1.54, 1.807) is 16.9 Å². The molecule has 0 aliphatic carbocycles. The molecule has 0 saturated heterocycles. The molecular weight excluding hydrogens is 190 g/mol. The van der Waals surface area contributed by atoms with Crippen LogP contribution in [0.1, 0.15) is 36.7 Å². The Balaban J connectivity index is 2.36. The Morgan fingerprint density at radius 3 is 2.87 bits per heavy atom. The van der Waals surface area contributed by atoms with Gasteiger partial charge in [0, 0.05) is 19.7 Å². The summed E-state index contributed by atoms with van der Waals surface area (Å²) < 4.78 is 1.65. The van der Waals surface area contributed by atoms with E-state index >= 15 is 0 Å². The molecule has 15 heavy (non-hydrogen) atoms. The molecule has 1 unspecified atom stereocenters. The van der Waals surface area contributed by atoms with Crippen LogP contribution in [-0.2, 0) is 7.05 Å². The monoisotopic (exact) mass is 209 g/mol. The van der Waals surface area contributed by atoms with Crippen molar-refractivity contribution in [3.8, 4) is 0 Å². The molecule has 0 saturated carbocycles. The summed E-state index contributed by atoms with van der Waals surface area (Å²) >= 11 is 0. The fourth-order valence-corrected chi connectivity index (χ4v) is 1.50. The average molecular weight is 209 g/mol. The highest BCUT2D eigenvalue weighted by atomic mass is 16.1. The van der Waals surface area contributed by atoms with Crippen LogP contribution in [0, 0.1) is 5.92 Å². The zero-order valence-electron chi connectivity index (χ0n) is 9.44. The Bertz CT molecular complexity index is 319. The van der Waals surface area contributed by atoms with Crippen LogP contribution in [0.3, 0.4) is 0 Å². The molecule has 0 aliphatic rings. The first-order valence-electron chi connectivity index (χ1n) is 5.36. The molecule has 0 spiro atoms. The number of ketones is 1. The fraction of sp³-hybridized carbons (Fsp3) is 0.636. The minimum atomic E-state index is 0.125. The second-order valence-corrected chi connectivity index (χ2v) is 4.02. The molecule has 0 bridgehead atoms. The molecule has 1 rings (SSSR count). The van der Waals surface area contributed by atoms with Gasteiger partial charge in [-0.05, 0) is 31.4 Å². The first kappa shape index (κ1) is 11.9. The number of carbonyl (C=O) groups is 1. The molecule has 0 fully saturated rings. The zero-order valence-corrected chi connectivity index (χ0v) is 9.44. The average Bonchev–Trinajstić information content (AvgIpc) is 2.62. The van der Waals surface area contributed by atoms with E-state index in [4.69, 9.17) is 5.73 Å². The number of rotatable bonds is 6. The Morgan fingerprint density at radius 2 is 2.33 bits per heavy atom. The molecule has 1 atom stereocenters. The number of nitrogens with zero attached hydrogens (tertiary/aromatic N) is 2. The molecule has 2 N–H and O–H groups in total. The van der Waals surface area contributed by atoms with Gasteiger partial charge in [0.2, 0.25) is 0 Å². The van der Waals surface area contributed by atoms with E-state index in [0.29, 0.717) is 24.6 Å². The highest BCUT2D eigenvalue weighted by molar-refractivity contribution is 5.94. The van der Waals surface area contributed by atoms with Crippen molar-refractivity contribution in [2.75, 3.05) is 6.54 Å². The van der Waals surface area contributed by atoms with Crippen LogP contribution in [0.5, 0.6) is 0 Å². The molecule has 1 aromatic rings. The van der Waals surface area contributed by atoms with Crippen molar-refractivity contribution in [3.05, 3.63) is 18.0 Å². The van der Waals surface area contributed by atoms with Gasteiger partial charge >= 0.3 is 0 Å². The summed E-state index contributed by atoms with van der Waals surface area (Å²) in [4.78, 5) is 11.7. The number of hydrogen-bond donors (Lipinski definition) is 1. The Kier molecular flexibility index (Phi) is 4.49. The maximum Gasteiger partial charge on any atom is 0.183 e. The minimum absolute atomic E-state index is 0.125. The van der Waals surface area contributed by atoms with Crippen LogP contribution in [0.4, 0.5) is 0 Å². The predicted octanol–water partition coefficient (Wildman–Crippen LogP) is 1.37. The molecule has 0 radical (unpaired) electrons. The third-order valence-corrected chi connectivity index (χ3v) is 2.52. The molecule has 0 aromatic carbocycles. The third-order valence-electron chi connectivity index (χ3n) is 2.52. The van der Waals surface area contributed by atoms with E-state index in [9.17, 15) is 4.79 Å². The molecule has 4 nitrogen and oxygen atoms in total. The van der Waals surface area contributed by atoms with Crippen molar-refractivity contribution in [1.29, 1.82) is 0 Å². The molecular formula is C11H19N3O. The van der Waals surface area contributed by atoms with Crippen LogP contribution in [-0.4, -0.2) is 22.1 Å². The highest BCUT2D eigenvalue weighted by Gasteiger charge is 2.10. The number of nitrogens with two attached hydrogens (primary N) is 1. The SMILES string of the molecule is CC(CCN)CCC(=O)c1ccn(C)n1. The van der Waals surface area contributed by atoms with Crippen molar-refractivity contribution < 1.29 is 4.79 Å². The van der Waals surface area contributed by atoms with Crippen molar-refractivity contribution in [2.24, 2.45) is 18.7 Å². The summed E-state index contributed by atoms with van der Waals surface area (Å²) in [6, 6.07) is 1.76. The standard InChI is InChI=1S/C11H19N3O/c1-9(5-7-12)3-4-11(15)10-6-8-14(2)13-10/h6,8-9H,3-5,7,12H2,1-2H3. The largest absolute Gasteiger partial charge is 0.330 e. The zero-order chi connectivity index (χ0) is 11.3. The van der Waals surface area contributed by atoms with Gasteiger partial charge in [-0.2, -0.15) is 5.10 Å². The summed E-state index contributed by atoms with van der Waals surface area (Å²) in [5.41, 5.74) is 6.02. The molecule has 84 valence electrons. The summed E-state index contributed by atoms with van der Waals surface area (Å²) in [6.45, 7) is 2.82. The van der Waals surface area contributed by atoms with E-state index in [2.05, 4.69) is 12.0 Å². The van der Waals surface area contributed by atoms with Crippen LogP contribution in [0.2, 0.25) is 0 Å². The van der Waals surface area contributed by atoms with E-state index in [1.807, 2.05) is 7.05 Å². The Hall–Kier alpha value is -1.16. The topological polar surface area (TPSA) is 60.9 Å². The molecule has 1 heterocycles. The van der Waals surface area contributed by atoms with E-state index in [-0.39, 0.29) is 5.78 Å². The fourth-order valence-electron chi connectivity index (χ4n) is 1.50. The smallest absolute Gasteiger partial charge is 0.183 e. The minimum Gasteiger partial charge on any atom is -0.330 e. The second kappa shape index (κ2) is 5.66. The predicted molar refractivity (Wildman–Crippen MR) is 59.6 cm³/mol. The lowest BCUT2D eigenvalue weighted by atomic mass is 9.99. The van der Waals surface area contributed by atoms with Gasteiger partial charge in [0.05, 0.1) is 0 Å². The maximum atomic E-state index is 11.7. The van der Waals surface area contributed by atoms with Gasteiger partial charge in [-0.3, -0.25) is 9.48 Å². The van der Waals surface area contributed by atoms with Crippen LogP contribution < -0.4 is 5.73 Å². The van der Waals surface area contributed by atoms with E-state index in [0.717, 1.165) is 12.8 Å². The van der Waals surface area contributed by atoms with Crippen LogP contribution in [0.15, 0.2) is 12.3 Å². The van der Waals surface area contributed by atoms with Gasteiger partial charge in [0.1, 0.15) is 5.69 Å². The van der Waals surface area contributed by atoms with Gasteiger partial charge in [0.15, 0.2) is 5.78 Å². The number of aromatic nitrogens is 2. The maximum absolute atomic E-state index is 11.7. The summed E-state index contributed by atoms with van der Waals surface area (Å²) in [5, 5.41) is 4.08. The third kappa shape index (κ3) is 3.83. The molecule has 4 heteroatoms. The lowest BCUT2D eigenvalue weighted by Crippen LogP contribution is -2.08. The van der Waals surface area contributed by atoms with Crippen LogP contribution >= 0.6 is 0 Å². The summed E-state index contributed by atoms with van der Waals surface area (Å²) in [6.07, 6.45) is 4.23. The van der Waals surface area contributed by atoms with Crippen molar-refractivity contribution >= 4 is 5.78 Å². The van der Waals surface area contributed by atoms with Crippen molar-refractivity contribution in [3.63, 3.8) is 0 Å². The number of aryl methyl sites for hydroxylation is 1. The van der Waals surface area contributed by atoms with Crippen molar-refractivity contribution in [2.45, 2.75) is 26.2 Å². The van der Waals surface area contributed by atoms with Gasteiger partial charge in [0.25, 0.3) is 0 Å². The lowest BCUT2D eigenvalue weighted by Gasteiger charge is -2.07. The van der Waals surface area contributed by atoms with Crippen LogP contribution in [0.25, 0.3) is 0 Å². The first-order valence-corrected chi connectivity index (χ1v) is 5.36. The Labute approximate surface area is 90.5 Å². The summed E-state index contributed by atoms with van der Waals surface area (Å²) in [5.74, 6) is 0.641. The normalized spacial score (nSPS) is 12.7. The molecule has 0 aliphatic heterocycles. The second-order valence-electron chi connectivity index (χ2n) is 4.02. The quantitative estimate of drug-likeness (QED) is 0.720. The van der Waals surface area contributed by atoms with Gasteiger partial charge in [-0.1, -0.05) is 6.92 Å². The molecule has 0 amide bonds. The molecule has 1 aromatic heterocycles. The number of Topliss-reactive ketones (excluding diaryl/α,β-unsaturated/α-hetero) is 1.